The summed E-state index contributed by atoms with van der Waals surface area (Å²) in [5.41, 5.74) is 8.51. The van der Waals surface area contributed by atoms with Crippen LogP contribution in [0.1, 0.15) is 26.3 Å². The van der Waals surface area contributed by atoms with Gasteiger partial charge in [0, 0.05) is 38.0 Å². The first-order valence-electron chi connectivity index (χ1n) is 7.92. The average molecular weight is 294 g/mol. The Morgan fingerprint density at radius 1 is 1.05 bits per heavy atom. The number of hydrogen-bond donors (Lipinski definition) is 1. The number of anilines is 1. The molecule has 0 aromatic heterocycles. The van der Waals surface area contributed by atoms with Crippen molar-refractivity contribution in [2.75, 3.05) is 44.4 Å². The average Bonchev–Trinajstić information content (AvgIpc) is 2.46. The van der Waals surface area contributed by atoms with E-state index in [-0.39, 0.29) is 6.04 Å². The largest absolute Gasteiger partial charge is 0.380 e. The fraction of sp³-hybridized carbons (Fsp3) is 0.647. The first kappa shape index (κ1) is 18.0. The van der Waals surface area contributed by atoms with Crippen LogP contribution in [0.2, 0.25) is 0 Å². The maximum atomic E-state index is 5.97. The Morgan fingerprint density at radius 3 is 2.14 bits per heavy atom. The summed E-state index contributed by atoms with van der Waals surface area (Å²) in [5.74, 6) is 0. The van der Waals surface area contributed by atoms with Gasteiger partial charge in [-0.1, -0.05) is 18.2 Å². The predicted octanol–water partition coefficient (Wildman–Crippen LogP) is 2.46. The molecule has 1 aromatic carbocycles. The summed E-state index contributed by atoms with van der Waals surface area (Å²) in [6.07, 6.45) is 0.885. The molecule has 0 aliphatic heterocycles. The molecule has 0 heterocycles. The zero-order valence-electron chi connectivity index (χ0n) is 13.7. The minimum Gasteiger partial charge on any atom is -0.380 e. The smallest absolute Gasteiger partial charge is 0.0641 e. The highest BCUT2D eigenvalue weighted by atomic mass is 16.5. The van der Waals surface area contributed by atoms with Crippen molar-refractivity contribution in [2.45, 2.75) is 33.2 Å². The molecule has 0 fully saturated rings. The summed E-state index contributed by atoms with van der Waals surface area (Å²) < 4.78 is 11.0. The molecule has 1 unspecified atom stereocenters. The zero-order valence-corrected chi connectivity index (χ0v) is 13.7. The minimum atomic E-state index is 0.159. The SMILES string of the molecule is CCOCCN(CCOCC)c1ccccc1CC(C)N. The van der Waals surface area contributed by atoms with Gasteiger partial charge < -0.3 is 20.1 Å². The highest BCUT2D eigenvalue weighted by Crippen LogP contribution is 2.21. The van der Waals surface area contributed by atoms with Crippen LogP contribution in [0, 0.1) is 0 Å². The van der Waals surface area contributed by atoms with Gasteiger partial charge in [0.1, 0.15) is 0 Å². The Kier molecular flexibility index (Phi) is 9.06. The van der Waals surface area contributed by atoms with Crippen LogP contribution in [0.25, 0.3) is 0 Å². The first-order chi connectivity index (χ1) is 10.2. The molecule has 120 valence electrons. The van der Waals surface area contributed by atoms with Crippen LogP contribution >= 0.6 is 0 Å². The third-order valence-corrected chi connectivity index (χ3v) is 3.29. The van der Waals surface area contributed by atoms with Crippen molar-refractivity contribution < 1.29 is 9.47 Å². The van der Waals surface area contributed by atoms with Crippen LogP contribution in [0.15, 0.2) is 24.3 Å². The molecule has 4 heteroatoms. The second-order valence-electron chi connectivity index (χ2n) is 5.19. The lowest BCUT2D eigenvalue weighted by Gasteiger charge is -2.27. The Morgan fingerprint density at radius 2 is 1.62 bits per heavy atom. The van der Waals surface area contributed by atoms with E-state index in [9.17, 15) is 0 Å². The molecule has 0 saturated carbocycles. The highest BCUT2D eigenvalue weighted by Gasteiger charge is 2.12. The molecule has 0 saturated heterocycles. The van der Waals surface area contributed by atoms with E-state index in [1.165, 1.54) is 11.3 Å². The molecule has 0 bridgehead atoms. The quantitative estimate of drug-likeness (QED) is 0.637. The lowest BCUT2D eigenvalue weighted by Crippen LogP contribution is -2.32. The number of rotatable bonds is 11. The standard InChI is InChI=1S/C17H30N2O2/c1-4-20-12-10-19(11-13-21-5-2)17-9-7-6-8-16(17)14-15(3)18/h6-9,15H,4-5,10-14,18H2,1-3H3. The summed E-state index contributed by atoms with van der Waals surface area (Å²) in [6, 6.07) is 8.63. The first-order valence-corrected chi connectivity index (χ1v) is 7.92. The Labute approximate surface area is 129 Å². The molecule has 0 spiro atoms. The third kappa shape index (κ3) is 6.93. The van der Waals surface area contributed by atoms with Crippen LogP contribution in [0.5, 0.6) is 0 Å². The molecular weight excluding hydrogens is 264 g/mol. The molecule has 1 rings (SSSR count). The summed E-state index contributed by atoms with van der Waals surface area (Å²) >= 11 is 0. The molecule has 4 nitrogen and oxygen atoms in total. The second kappa shape index (κ2) is 10.6. The number of nitrogens with zero attached hydrogens (tertiary/aromatic N) is 1. The van der Waals surface area contributed by atoms with E-state index in [4.69, 9.17) is 15.2 Å². The van der Waals surface area contributed by atoms with Crippen molar-refractivity contribution in [3.63, 3.8) is 0 Å². The predicted molar refractivity (Wildman–Crippen MR) is 89.0 cm³/mol. The van der Waals surface area contributed by atoms with Crippen molar-refractivity contribution in [2.24, 2.45) is 5.73 Å². The molecular formula is C17H30N2O2. The number of para-hydroxylation sites is 1. The Bertz CT molecular complexity index is 373. The number of nitrogens with two attached hydrogens (primary N) is 1. The summed E-state index contributed by atoms with van der Waals surface area (Å²) in [7, 11) is 0. The van der Waals surface area contributed by atoms with Crippen LogP contribution in [0.4, 0.5) is 5.69 Å². The lowest BCUT2D eigenvalue weighted by atomic mass is 10.0. The molecule has 0 amide bonds. The van der Waals surface area contributed by atoms with Gasteiger partial charge in [0.05, 0.1) is 13.2 Å². The van der Waals surface area contributed by atoms with Gasteiger partial charge >= 0.3 is 0 Å². The van der Waals surface area contributed by atoms with E-state index >= 15 is 0 Å². The maximum absolute atomic E-state index is 5.97. The number of ether oxygens (including phenoxy) is 2. The molecule has 2 N–H and O–H groups in total. The molecule has 0 radical (unpaired) electrons. The van der Waals surface area contributed by atoms with Crippen molar-refractivity contribution in [3.05, 3.63) is 29.8 Å². The van der Waals surface area contributed by atoms with Crippen molar-refractivity contribution in [1.82, 2.24) is 0 Å². The van der Waals surface area contributed by atoms with Crippen LogP contribution in [-0.2, 0) is 15.9 Å². The Balaban J connectivity index is 2.79. The summed E-state index contributed by atoms with van der Waals surface area (Å²) in [6.45, 7) is 10.8. The molecule has 0 aliphatic rings. The van der Waals surface area contributed by atoms with Crippen LogP contribution in [-0.4, -0.2) is 45.6 Å². The molecule has 0 aliphatic carbocycles. The van der Waals surface area contributed by atoms with E-state index in [1.807, 2.05) is 20.8 Å². The fourth-order valence-corrected chi connectivity index (χ4v) is 2.33. The monoisotopic (exact) mass is 294 g/mol. The summed E-state index contributed by atoms with van der Waals surface area (Å²) in [5, 5.41) is 0. The van der Waals surface area contributed by atoms with Gasteiger partial charge in [0.25, 0.3) is 0 Å². The van der Waals surface area contributed by atoms with Gasteiger partial charge in [-0.25, -0.2) is 0 Å². The molecule has 21 heavy (non-hydrogen) atoms. The minimum absolute atomic E-state index is 0.159. The van der Waals surface area contributed by atoms with Gasteiger partial charge in [0.15, 0.2) is 0 Å². The van der Waals surface area contributed by atoms with E-state index in [0.717, 1.165) is 45.9 Å². The van der Waals surface area contributed by atoms with E-state index in [1.54, 1.807) is 0 Å². The van der Waals surface area contributed by atoms with Gasteiger partial charge in [-0.05, 0) is 38.8 Å². The lowest BCUT2D eigenvalue weighted by molar-refractivity contribution is 0.141. The van der Waals surface area contributed by atoms with Gasteiger partial charge in [-0.3, -0.25) is 0 Å². The number of hydrogen-bond acceptors (Lipinski definition) is 4. The maximum Gasteiger partial charge on any atom is 0.0641 e. The van der Waals surface area contributed by atoms with E-state index in [0.29, 0.717) is 0 Å². The zero-order chi connectivity index (χ0) is 15.5. The van der Waals surface area contributed by atoms with Crippen LogP contribution < -0.4 is 10.6 Å². The third-order valence-electron chi connectivity index (χ3n) is 3.29. The van der Waals surface area contributed by atoms with E-state index < -0.39 is 0 Å². The highest BCUT2D eigenvalue weighted by molar-refractivity contribution is 5.54. The van der Waals surface area contributed by atoms with Crippen LogP contribution in [0.3, 0.4) is 0 Å². The summed E-state index contributed by atoms with van der Waals surface area (Å²) in [4.78, 5) is 2.34. The molecule has 1 atom stereocenters. The van der Waals surface area contributed by atoms with Crippen molar-refractivity contribution in [1.29, 1.82) is 0 Å². The van der Waals surface area contributed by atoms with Crippen molar-refractivity contribution in [3.8, 4) is 0 Å². The topological polar surface area (TPSA) is 47.7 Å². The van der Waals surface area contributed by atoms with Crippen molar-refractivity contribution >= 4 is 5.69 Å². The van der Waals surface area contributed by atoms with Gasteiger partial charge in [-0.2, -0.15) is 0 Å². The van der Waals surface area contributed by atoms with Gasteiger partial charge in [0.2, 0.25) is 0 Å². The van der Waals surface area contributed by atoms with Gasteiger partial charge in [-0.15, -0.1) is 0 Å². The second-order valence-corrected chi connectivity index (χ2v) is 5.19. The molecule has 1 aromatic rings. The Hall–Kier alpha value is -1.10. The van der Waals surface area contributed by atoms with E-state index in [2.05, 4.69) is 29.2 Å². The normalized spacial score (nSPS) is 12.4. The fourth-order valence-electron chi connectivity index (χ4n) is 2.33. The number of benzene rings is 1.